The molecule has 1 heterocycles. The van der Waals surface area contributed by atoms with Crippen LogP contribution in [0.4, 0.5) is 0 Å². The lowest BCUT2D eigenvalue weighted by Crippen LogP contribution is -2.44. The summed E-state index contributed by atoms with van der Waals surface area (Å²) in [4.78, 5) is 0. The van der Waals surface area contributed by atoms with Gasteiger partial charge < -0.3 is 0 Å². The molecule has 35 heavy (non-hydrogen) atoms. The van der Waals surface area contributed by atoms with Crippen molar-refractivity contribution in [3.05, 3.63) is 144 Å². The second kappa shape index (κ2) is 9.98. The summed E-state index contributed by atoms with van der Waals surface area (Å²) >= 11 is 0. The standard InChI is InChI=1S/C31H30N4/c1-31(2)34(32-23-25-15-7-3-8-16-25)29(27-19-11-5-12-20-27)30(28-21-13-6-14-22-28)35(31)33-24-26-17-9-4-10-18-26/h3-24,29-30H,1-2H3/b32-23+,33-24+. The summed E-state index contributed by atoms with van der Waals surface area (Å²) in [5, 5.41) is 14.6. The molecule has 0 radical (unpaired) electrons. The average Bonchev–Trinajstić information content (AvgIpc) is 3.14. The first-order chi connectivity index (χ1) is 17.1. The van der Waals surface area contributed by atoms with E-state index in [2.05, 4.69) is 109 Å². The largest absolute Gasteiger partial charge is 0.261 e. The molecule has 4 aromatic rings. The Bertz CT molecular complexity index is 1170. The second-order valence-electron chi connectivity index (χ2n) is 9.21. The van der Waals surface area contributed by atoms with Crippen LogP contribution in [-0.2, 0) is 0 Å². The lowest BCUT2D eigenvalue weighted by molar-refractivity contribution is 0.0339. The number of benzene rings is 4. The van der Waals surface area contributed by atoms with E-state index in [0.29, 0.717) is 0 Å². The van der Waals surface area contributed by atoms with Crippen LogP contribution in [0.5, 0.6) is 0 Å². The van der Waals surface area contributed by atoms with Crippen LogP contribution in [-0.4, -0.2) is 28.1 Å². The van der Waals surface area contributed by atoms with Crippen LogP contribution in [0.3, 0.4) is 0 Å². The second-order valence-corrected chi connectivity index (χ2v) is 9.21. The molecule has 0 N–H and O–H groups in total. The van der Waals surface area contributed by atoms with Crippen molar-refractivity contribution in [3.8, 4) is 0 Å². The molecular formula is C31H30N4. The molecule has 174 valence electrons. The van der Waals surface area contributed by atoms with Gasteiger partial charge >= 0.3 is 0 Å². The van der Waals surface area contributed by atoms with E-state index in [9.17, 15) is 0 Å². The zero-order valence-electron chi connectivity index (χ0n) is 20.1. The van der Waals surface area contributed by atoms with Gasteiger partial charge in [-0.05, 0) is 36.1 Å². The van der Waals surface area contributed by atoms with E-state index in [1.165, 1.54) is 11.1 Å². The molecule has 0 aromatic heterocycles. The molecule has 0 saturated carbocycles. The summed E-state index contributed by atoms with van der Waals surface area (Å²) < 4.78 is 0. The van der Waals surface area contributed by atoms with Crippen LogP contribution < -0.4 is 0 Å². The summed E-state index contributed by atoms with van der Waals surface area (Å²) in [5.41, 5.74) is 4.06. The maximum Gasteiger partial charge on any atom is 0.141 e. The van der Waals surface area contributed by atoms with Gasteiger partial charge in [-0.2, -0.15) is 10.2 Å². The fourth-order valence-electron chi connectivity index (χ4n) is 4.76. The predicted molar refractivity (Wildman–Crippen MR) is 144 cm³/mol. The maximum atomic E-state index is 5.08. The molecule has 5 rings (SSSR count). The van der Waals surface area contributed by atoms with Crippen molar-refractivity contribution in [2.75, 3.05) is 0 Å². The van der Waals surface area contributed by atoms with Crippen molar-refractivity contribution in [1.29, 1.82) is 0 Å². The summed E-state index contributed by atoms with van der Waals surface area (Å²) in [7, 11) is 0. The highest BCUT2D eigenvalue weighted by atomic mass is 15.7. The van der Waals surface area contributed by atoms with Gasteiger partial charge in [0.1, 0.15) is 17.7 Å². The number of nitrogens with zero attached hydrogens (tertiary/aromatic N) is 4. The predicted octanol–water partition coefficient (Wildman–Crippen LogP) is 6.89. The van der Waals surface area contributed by atoms with Crippen LogP contribution in [0.25, 0.3) is 0 Å². The van der Waals surface area contributed by atoms with Gasteiger partial charge in [-0.3, -0.25) is 10.0 Å². The lowest BCUT2D eigenvalue weighted by atomic mass is 9.94. The van der Waals surface area contributed by atoms with Crippen LogP contribution in [0.2, 0.25) is 0 Å². The first kappa shape index (κ1) is 22.6. The number of hydrogen-bond donors (Lipinski definition) is 0. The maximum absolute atomic E-state index is 5.08. The molecule has 4 nitrogen and oxygen atoms in total. The number of hydrogen-bond acceptors (Lipinski definition) is 4. The van der Waals surface area contributed by atoms with Gasteiger partial charge in [0.05, 0.1) is 12.4 Å². The van der Waals surface area contributed by atoms with Gasteiger partial charge in [0, 0.05) is 0 Å². The van der Waals surface area contributed by atoms with E-state index in [4.69, 9.17) is 10.2 Å². The van der Waals surface area contributed by atoms with Gasteiger partial charge in [0.2, 0.25) is 0 Å². The van der Waals surface area contributed by atoms with E-state index in [-0.39, 0.29) is 12.1 Å². The first-order valence-corrected chi connectivity index (χ1v) is 12.0. The smallest absolute Gasteiger partial charge is 0.141 e. The Kier molecular flexibility index (Phi) is 6.44. The Hall–Kier alpha value is -4.18. The van der Waals surface area contributed by atoms with Crippen molar-refractivity contribution >= 4 is 12.4 Å². The van der Waals surface area contributed by atoms with Crippen molar-refractivity contribution in [1.82, 2.24) is 10.0 Å². The molecule has 2 atom stereocenters. The van der Waals surface area contributed by atoms with Crippen molar-refractivity contribution in [3.63, 3.8) is 0 Å². The third-order valence-corrected chi connectivity index (χ3v) is 6.49. The summed E-state index contributed by atoms with van der Waals surface area (Å²) in [5.74, 6) is 0. The van der Waals surface area contributed by atoms with E-state index in [1.807, 2.05) is 48.8 Å². The molecule has 1 aliphatic heterocycles. The highest BCUT2D eigenvalue weighted by molar-refractivity contribution is 5.80. The Morgan fingerprint density at radius 1 is 0.514 bits per heavy atom. The van der Waals surface area contributed by atoms with E-state index in [1.54, 1.807) is 0 Å². The Morgan fingerprint density at radius 3 is 1.17 bits per heavy atom. The monoisotopic (exact) mass is 458 g/mol. The molecule has 4 heteroatoms. The van der Waals surface area contributed by atoms with Gasteiger partial charge in [-0.1, -0.05) is 121 Å². The Balaban J connectivity index is 1.64. The molecule has 0 aliphatic carbocycles. The lowest BCUT2D eigenvalue weighted by Gasteiger charge is -2.36. The van der Waals surface area contributed by atoms with Crippen molar-refractivity contribution in [2.24, 2.45) is 10.2 Å². The highest BCUT2D eigenvalue weighted by Gasteiger charge is 2.53. The van der Waals surface area contributed by atoms with Crippen LogP contribution in [0.15, 0.2) is 132 Å². The Morgan fingerprint density at radius 2 is 0.829 bits per heavy atom. The van der Waals surface area contributed by atoms with Crippen molar-refractivity contribution < 1.29 is 0 Å². The zero-order chi connectivity index (χ0) is 24.1. The Labute approximate surface area is 207 Å². The van der Waals surface area contributed by atoms with E-state index < -0.39 is 5.66 Å². The fraction of sp³-hybridized carbons (Fsp3) is 0.161. The number of rotatable bonds is 6. The van der Waals surface area contributed by atoms with Gasteiger partial charge in [-0.25, -0.2) is 0 Å². The quantitative estimate of drug-likeness (QED) is 0.295. The normalized spacial score (nSPS) is 19.6. The SMILES string of the molecule is CC1(C)N(/N=C/c2ccccc2)C(c2ccccc2)C(c2ccccc2)N1/N=C/c1ccccc1. The van der Waals surface area contributed by atoms with E-state index in [0.717, 1.165) is 11.1 Å². The minimum Gasteiger partial charge on any atom is -0.261 e. The highest BCUT2D eigenvalue weighted by Crippen LogP contribution is 2.51. The molecule has 0 spiro atoms. The van der Waals surface area contributed by atoms with Gasteiger partial charge in [0.15, 0.2) is 0 Å². The summed E-state index contributed by atoms with van der Waals surface area (Å²) in [6, 6.07) is 41.7. The molecule has 1 fully saturated rings. The molecule has 1 aliphatic rings. The van der Waals surface area contributed by atoms with Gasteiger partial charge in [-0.15, -0.1) is 0 Å². The minimum absolute atomic E-state index is 0.0264. The molecule has 0 amide bonds. The molecule has 1 saturated heterocycles. The molecule has 2 unspecified atom stereocenters. The summed E-state index contributed by atoms with van der Waals surface area (Å²) in [6.45, 7) is 4.38. The van der Waals surface area contributed by atoms with Crippen LogP contribution in [0.1, 0.15) is 48.2 Å². The summed E-state index contributed by atoms with van der Waals surface area (Å²) in [6.07, 6.45) is 3.90. The van der Waals surface area contributed by atoms with Crippen LogP contribution >= 0.6 is 0 Å². The molecular weight excluding hydrogens is 428 g/mol. The van der Waals surface area contributed by atoms with Crippen molar-refractivity contribution in [2.45, 2.75) is 31.6 Å². The topological polar surface area (TPSA) is 31.2 Å². The number of hydrazone groups is 2. The first-order valence-electron chi connectivity index (χ1n) is 12.0. The molecule has 4 aromatic carbocycles. The van der Waals surface area contributed by atoms with E-state index >= 15 is 0 Å². The third kappa shape index (κ3) is 4.73. The van der Waals surface area contributed by atoms with Gasteiger partial charge in [0.25, 0.3) is 0 Å². The zero-order valence-corrected chi connectivity index (χ0v) is 20.1. The van der Waals surface area contributed by atoms with Crippen LogP contribution in [0, 0.1) is 0 Å². The average molecular weight is 459 g/mol. The molecule has 0 bridgehead atoms. The minimum atomic E-state index is -0.489. The third-order valence-electron chi connectivity index (χ3n) is 6.49. The fourth-order valence-corrected chi connectivity index (χ4v) is 4.76.